The molecule has 3 unspecified atom stereocenters. The van der Waals surface area contributed by atoms with E-state index in [1.165, 1.54) is 51.6 Å². The van der Waals surface area contributed by atoms with Crippen LogP contribution in [0.3, 0.4) is 0 Å². The second kappa shape index (κ2) is 5.31. The second-order valence-electron chi connectivity index (χ2n) is 5.36. The molecule has 1 heterocycles. The Morgan fingerprint density at radius 2 is 2.27 bits per heavy atom. The molecule has 2 bridgehead atoms. The van der Waals surface area contributed by atoms with E-state index in [0.29, 0.717) is 0 Å². The van der Waals surface area contributed by atoms with Crippen LogP contribution in [0.15, 0.2) is 0 Å². The van der Waals surface area contributed by atoms with Gasteiger partial charge in [-0.3, -0.25) is 0 Å². The van der Waals surface area contributed by atoms with Gasteiger partial charge in [0.2, 0.25) is 0 Å². The van der Waals surface area contributed by atoms with E-state index in [1.54, 1.807) is 0 Å². The van der Waals surface area contributed by atoms with Gasteiger partial charge in [-0.25, -0.2) is 0 Å². The number of fused-ring (bicyclic) bond motifs is 2. The van der Waals surface area contributed by atoms with Crippen LogP contribution >= 0.6 is 0 Å². The number of likely N-dealkylation sites (tertiary alicyclic amines) is 1. The van der Waals surface area contributed by atoms with Crippen LogP contribution < -0.4 is 5.32 Å². The van der Waals surface area contributed by atoms with E-state index in [1.807, 2.05) is 0 Å². The van der Waals surface area contributed by atoms with Gasteiger partial charge in [-0.2, -0.15) is 0 Å². The molecule has 0 spiro atoms. The zero-order valence-corrected chi connectivity index (χ0v) is 10.3. The Morgan fingerprint density at radius 1 is 1.40 bits per heavy atom. The van der Waals surface area contributed by atoms with Gasteiger partial charge in [0.1, 0.15) is 0 Å². The SMILES string of the molecule is CCC(CCCN1CC2CCC1C2)NC. The molecule has 3 atom stereocenters. The molecule has 15 heavy (non-hydrogen) atoms. The molecule has 1 saturated carbocycles. The van der Waals surface area contributed by atoms with Crippen LogP contribution in [0, 0.1) is 5.92 Å². The summed E-state index contributed by atoms with van der Waals surface area (Å²) in [5.74, 6) is 1.06. The predicted molar refractivity (Wildman–Crippen MR) is 65.1 cm³/mol. The monoisotopic (exact) mass is 210 g/mol. The summed E-state index contributed by atoms with van der Waals surface area (Å²) in [6.07, 6.45) is 8.48. The minimum absolute atomic E-state index is 0.741. The Labute approximate surface area is 94.4 Å². The first-order chi connectivity index (χ1) is 7.33. The largest absolute Gasteiger partial charge is 0.317 e. The van der Waals surface area contributed by atoms with Gasteiger partial charge >= 0.3 is 0 Å². The molecule has 1 aliphatic carbocycles. The van der Waals surface area contributed by atoms with Crippen molar-refractivity contribution in [3.8, 4) is 0 Å². The average Bonchev–Trinajstić information content (AvgIpc) is 2.86. The van der Waals surface area contributed by atoms with Crippen LogP contribution in [0.1, 0.15) is 45.4 Å². The molecular weight excluding hydrogens is 184 g/mol. The Kier molecular flexibility index (Phi) is 4.04. The Bertz CT molecular complexity index is 189. The van der Waals surface area contributed by atoms with Gasteiger partial charge in [-0.1, -0.05) is 6.92 Å². The van der Waals surface area contributed by atoms with Gasteiger partial charge in [0, 0.05) is 18.6 Å². The molecular formula is C13H26N2. The molecule has 2 nitrogen and oxygen atoms in total. The summed E-state index contributed by atoms with van der Waals surface area (Å²) in [5.41, 5.74) is 0. The molecule has 0 aromatic carbocycles. The molecule has 1 saturated heterocycles. The van der Waals surface area contributed by atoms with E-state index >= 15 is 0 Å². The fraction of sp³-hybridized carbons (Fsp3) is 1.00. The topological polar surface area (TPSA) is 15.3 Å². The van der Waals surface area contributed by atoms with Crippen molar-refractivity contribution in [3.63, 3.8) is 0 Å². The van der Waals surface area contributed by atoms with E-state index in [-0.39, 0.29) is 0 Å². The summed E-state index contributed by atoms with van der Waals surface area (Å²) in [4.78, 5) is 2.75. The van der Waals surface area contributed by atoms with Gasteiger partial charge in [-0.15, -0.1) is 0 Å². The van der Waals surface area contributed by atoms with Crippen molar-refractivity contribution in [2.24, 2.45) is 5.92 Å². The highest BCUT2D eigenvalue weighted by atomic mass is 15.2. The van der Waals surface area contributed by atoms with Gasteiger partial charge in [0.25, 0.3) is 0 Å². The third kappa shape index (κ3) is 2.73. The highest BCUT2D eigenvalue weighted by molar-refractivity contribution is 4.91. The van der Waals surface area contributed by atoms with Crippen molar-refractivity contribution < 1.29 is 0 Å². The standard InChI is InChI=1S/C13H26N2/c1-3-12(14-2)5-4-8-15-10-11-6-7-13(15)9-11/h11-14H,3-10H2,1-2H3. The maximum absolute atomic E-state index is 3.39. The second-order valence-corrected chi connectivity index (χ2v) is 5.36. The maximum atomic E-state index is 3.39. The first-order valence-corrected chi connectivity index (χ1v) is 6.74. The van der Waals surface area contributed by atoms with Crippen LogP contribution in [-0.2, 0) is 0 Å². The molecule has 88 valence electrons. The van der Waals surface area contributed by atoms with Gasteiger partial charge in [-0.05, 0) is 58.0 Å². The molecule has 1 aliphatic heterocycles. The third-order valence-electron chi connectivity index (χ3n) is 4.42. The molecule has 0 aromatic rings. The normalized spacial score (nSPS) is 32.4. The Balaban J connectivity index is 1.62. The molecule has 0 aromatic heterocycles. The van der Waals surface area contributed by atoms with E-state index in [0.717, 1.165) is 18.0 Å². The van der Waals surface area contributed by atoms with Crippen molar-refractivity contribution in [1.29, 1.82) is 0 Å². The minimum Gasteiger partial charge on any atom is -0.317 e. The Hall–Kier alpha value is -0.0800. The Morgan fingerprint density at radius 3 is 2.80 bits per heavy atom. The molecule has 0 amide bonds. The molecule has 2 heteroatoms. The summed E-state index contributed by atoms with van der Waals surface area (Å²) < 4.78 is 0. The van der Waals surface area contributed by atoms with E-state index in [9.17, 15) is 0 Å². The molecule has 2 aliphatic rings. The number of hydrogen-bond acceptors (Lipinski definition) is 2. The number of piperidine rings is 1. The minimum atomic E-state index is 0.741. The van der Waals surface area contributed by atoms with Crippen molar-refractivity contribution in [2.45, 2.75) is 57.5 Å². The van der Waals surface area contributed by atoms with Crippen molar-refractivity contribution in [3.05, 3.63) is 0 Å². The third-order valence-corrected chi connectivity index (χ3v) is 4.42. The van der Waals surface area contributed by atoms with E-state index in [2.05, 4.69) is 24.2 Å². The summed E-state index contributed by atoms with van der Waals surface area (Å²) >= 11 is 0. The predicted octanol–water partition coefficient (Wildman–Crippen LogP) is 2.25. The number of hydrogen-bond donors (Lipinski definition) is 1. The summed E-state index contributed by atoms with van der Waals surface area (Å²) in [6, 6.07) is 1.70. The quantitative estimate of drug-likeness (QED) is 0.723. The highest BCUT2D eigenvalue weighted by Gasteiger charge is 2.36. The molecule has 0 radical (unpaired) electrons. The first-order valence-electron chi connectivity index (χ1n) is 6.74. The lowest BCUT2D eigenvalue weighted by Gasteiger charge is -2.27. The lowest BCUT2D eigenvalue weighted by molar-refractivity contribution is 0.207. The number of nitrogens with one attached hydrogen (secondary N) is 1. The van der Waals surface area contributed by atoms with Gasteiger partial charge in [0.05, 0.1) is 0 Å². The van der Waals surface area contributed by atoms with Crippen molar-refractivity contribution in [1.82, 2.24) is 10.2 Å². The van der Waals surface area contributed by atoms with Crippen LogP contribution in [0.5, 0.6) is 0 Å². The van der Waals surface area contributed by atoms with Crippen LogP contribution in [0.25, 0.3) is 0 Å². The van der Waals surface area contributed by atoms with E-state index in [4.69, 9.17) is 0 Å². The smallest absolute Gasteiger partial charge is 0.00985 e. The zero-order chi connectivity index (χ0) is 10.7. The molecule has 2 rings (SSSR count). The molecule has 2 fully saturated rings. The fourth-order valence-electron chi connectivity index (χ4n) is 3.39. The van der Waals surface area contributed by atoms with Crippen molar-refractivity contribution in [2.75, 3.05) is 20.1 Å². The van der Waals surface area contributed by atoms with E-state index < -0.39 is 0 Å². The lowest BCUT2D eigenvalue weighted by Crippen LogP contribution is -2.34. The first kappa shape index (κ1) is 11.4. The van der Waals surface area contributed by atoms with Crippen LogP contribution in [0.4, 0.5) is 0 Å². The summed E-state index contributed by atoms with van der Waals surface area (Å²) in [5, 5.41) is 3.39. The highest BCUT2D eigenvalue weighted by Crippen LogP contribution is 2.37. The van der Waals surface area contributed by atoms with Crippen LogP contribution in [-0.4, -0.2) is 37.1 Å². The van der Waals surface area contributed by atoms with Crippen LogP contribution in [0.2, 0.25) is 0 Å². The fourth-order valence-corrected chi connectivity index (χ4v) is 3.39. The van der Waals surface area contributed by atoms with Gasteiger partial charge in [0.15, 0.2) is 0 Å². The molecule has 1 N–H and O–H groups in total. The maximum Gasteiger partial charge on any atom is 0.00985 e. The number of rotatable bonds is 6. The zero-order valence-electron chi connectivity index (χ0n) is 10.3. The number of nitrogens with zero attached hydrogens (tertiary/aromatic N) is 1. The van der Waals surface area contributed by atoms with Crippen molar-refractivity contribution >= 4 is 0 Å². The summed E-state index contributed by atoms with van der Waals surface area (Å²) in [7, 11) is 2.09. The lowest BCUT2D eigenvalue weighted by atomic mass is 10.1. The van der Waals surface area contributed by atoms with Gasteiger partial charge < -0.3 is 10.2 Å². The average molecular weight is 210 g/mol. The summed E-state index contributed by atoms with van der Waals surface area (Å²) in [6.45, 7) is 5.03.